The van der Waals surface area contributed by atoms with Crippen molar-refractivity contribution in [3.63, 3.8) is 0 Å². The van der Waals surface area contributed by atoms with Crippen LogP contribution in [0, 0.1) is 5.82 Å². The Labute approximate surface area is 157 Å². The molecular formula is C21H22FN3O2. The van der Waals surface area contributed by atoms with Gasteiger partial charge in [-0.25, -0.2) is 4.39 Å². The summed E-state index contributed by atoms with van der Waals surface area (Å²) in [6.07, 6.45) is 2.47. The Morgan fingerprint density at radius 3 is 2.78 bits per heavy atom. The van der Waals surface area contributed by atoms with Crippen LogP contribution in [-0.2, 0) is 16.1 Å². The molecule has 2 aromatic rings. The Morgan fingerprint density at radius 2 is 1.96 bits per heavy atom. The van der Waals surface area contributed by atoms with Gasteiger partial charge in [0.1, 0.15) is 5.82 Å². The molecule has 140 valence electrons. The lowest BCUT2D eigenvalue weighted by atomic mass is 9.89. The molecule has 1 unspecified atom stereocenters. The highest BCUT2D eigenvalue weighted by Crippen LogP contribution is 2.34. The van der Waals surface area contributed by atoms with Crippen molar-refractivity contribution in [2.24, 2.45) is 0 Å². The molecule has 27 heavy (non-hydrogen) atoms. The number of carbonyl (C=O) groups is 2. The van der Waals surface area contributed by atoms with Gasteiger partial charge < -0.3 is 10.6 Å². The Hall–Kier alpha value is -2.73. The molecule has 5 nitrogen and oxygen atoms in total. The zero-order chi connectivity index (χ0) is 18.8. The number of nitrogens with zero attached hydrogens (tertiary/aromatic N) is 1. The number of benzene rings is 2. The van der Waals surface area contributed by atoms with Crippen molar-refractivity contribution in [2.75, 3.05) is 23.7 Å². The van der Waals surface area contributed by atoms with E-state index in [4.69, 9.17) is 0 Å². The van der Waals surface area contributed by atoms with Crippen molar-refractivity contribution in [3.05, 3.63) is 59.4 Å². The molecule has 1 fully saturated rings. The smallest absolute Gasteiger partial charge is 0.232 e. The van der Waals surface area contributed by atoms with Crippen LogP contribution in [0.1, 0.15) is 36.3 Å². The number of fused-ring (bicyclic) bond motifs is 1. The van der Waals surface area contributed by atoms with Gasteiger partial charge in [0.25, 0.3) is 0 Å². The molecule has 4 rings (SSSR count). The number of nitrogens with one attached hydrogen (secondary N) is 2. The Bertz CT molecular complexity index is 877. The largest absolute Gasteiger partial charge is 0.326 e. The second-order valence-corrected chi connectivity index (χ2v) is 7.17. The zero-order valence-electron chi connectivity index (χ0n) is 15.0. The van der Waals surface area contributed by atoms with E-state index in [1.165, 1.54) is 25.0 Å². The van der Waals surface area contributed by atoms with E-state index in [9.17, 15) is 14.0 Å². The minimum absolute atomic E-state index is 0.0543. The van der Waals surface area contributed by atoms with Crippen molar-refractivity contribution >= 4 is 23.2 Å². The third kappa shape index (κ3) is 3.85. The summed E-state index contributed by atoms with van der Waals surface area (Å²) in [5.74, 6) is -1.59. The van der Waals surface area contributed by atoms with Crippen molar-refractivity contribution in [1.82, 2.24) is 4.90 Å². The van der Waals surface area contributed by atoms with Crippen LogP contribution in [0.5, 0.6) is 0 Å². The standard InChI is InChI=1S/C21H22FN3O2/c22-15-7-8-16-17(12-20(26)23-19(16)11-15)21(27)24-18-6-2-1-5-14(18)13-25-9-3-4-10-25/h1-2,5-8,11,17H,3-4,9-10,12-13H2,(H,23,26)(H,24,27). The summed E-state index contributed by atoms with van der Waals surface area (Å²) in [5.41, 5.74) is 2.85. The lowest BCUT2D eigenvalue weighted by Gasteiger charge is -2.25. The highest BCUT2D eigenvalue weighted by Gasteiger charge is 2.31. The summed E-state index contributed by atoms with van der Waals surface area (Å²) in [5, 5.41) is 5.63. The van der Waals surface area contributed by atoms with Gasteiger partial charge in [-0.2, -0.15) is 0 Å². The van der Waals surface area contributed by atoms with Gasteiger partial charge in [-0.1, -0.05) is 24.3 Å². The van der Waals surface area contributed by atoms with Crippen LogP contribution in [0.25, 0.3) is 0 Å². The maximum atomic E-state index is 13.5. The number of para-hydroxylation sites is 1. The van der Waals surface area contributed by atoms with Crippen LogP contribution in [0.3, 0.4) is 0 Å². The van der Waals surface area contributed by atoms with E-state index in [2.05, 4.69) is 15.5 Å². The van der Waals surface area contributed by atoms with Crippen molar-refractivity contribution < 1.29 is 14.0 Å². The fourth-order valence-corrected chi connectivity index (χ4v) is 3.85. The van der Waals surface area contributed by atoms with Crippen LogP contribution in [-0.4, -0.2) is 29.8 Å². The van der Waals surface area contributed by atoms with Crippen LogP contribution in [0.15, 0.2) is 42.5 Å². The number of carbonyl (C=O) groups excluding carboxylic acids is 2. The van der Waals surface area contributed by atoms with Gasteiger partial charge >= 0.3 is 0 Å². The summed E-state index contributed by atoms with van der Waals surface area (Å²) in [6, 6.07) is 11.9. The van der Waals surface area contributed by atoms with Crippen molar-refractivity contribution in [2.45, 2.75) is 31.7 Å². The first-order valence-electron chi connectivity index (χ1n) is 9.30. The van der Waals surface area contributed by atoms with Crippen LogP contribution in [0.2, 0.25) is 0 Å². The summed E-state index contributed by atoms with van der Waals surface area (Å²) in [7, 11) is 0. The molecule has 2 aliphatic heterocycles. The SMILES string of the molecule is O=C1CC(C(=O)Nc2ccccc2CN2CCCC2)c2ccc(F)cc2N1. The van der Waals surface area contributed by atoms with Crippen LogP contribution in [0.4, 0.5) is 15.8 Å². The maximum Gasteiger partial charge on any atom is 0.232 e. The van der Waals surface area contributed by atoms with Crippen LogP contribution < -0.4 is 10.6 Å². The summed E-state index contributed by atoms with van der Waals surface area (Å²) in [4.78, 5) is 27.3. The lowest BCUT2D eigenvalue weighted by Crippen LogP contribution is -2.31. The molecule has 1 saturated heterocycles. The van der Waals surface area contributed by atoms with Gasteiger partial charge in [0.2, 0.25) is 11.8 Å². The number of anilines is 2. The Morgan fingerprint density at radius 1 is 1.19 bits per heavy atom. The minimum atomic E-state index is -0.630. The Balaban J connectivity index is 1.55. The van der Waals surface area contributed by atoms with Gasteiger partial charge in [0.05, 0.1) is 5.92 Å². The van der Waals surface area contributed by atoms with Crippen LogP contribution >= 0.6 is 0 Å². The number of likely N-dealkylation sites (tertiary alicyclic amines) is 1. The second-order valence-electron chi connectivity index (χ2n) is 7.17. The molecular weight excluding hydrogens is 345 g/mol. The fraction of sp³-hybridized carbons (Fsp3) is 0.333. The number of rotatable bonds is 4. The molecule has 1 atom stereocenters. The number of hydrogen-bond donors (Lipinski definition) is 2. The summed E-state index contributed by atoms with van der Waals surface area (Å²) >= 11 is 0. The molecule has 0 aromatic heterocycles. The molecule has 2 aromatic carbocycles. The van der Waals surface area contributed by atoms with Gasteiger partial charge in [-0.15, -0.1) is 0 Å². The molecule has 0 spiro atoms. The van der Waals surface area contributed by atoms with E-state index >= 15 is 0 Å². The second kappa shape index (κ2) is 7.48. The molecule has 0 aliphatic carbocycles. The zero-order valence-corrected chi connectivity index (χ0v) is 15.0. The predicted octanol–water partition coefficient (Wildman–Crippen LogP) is 3.49. The number of hydrogen-bond acceptors (Lipinski definition) is 3. The van der Waals surface area contributed by atoms with Gasteiger partial charge in [-0.3, -0.25) is 14.5 Å². The first kappa shape index (κ1) is 17.7. The molecule has 2 aliphatic rings. The molecule has 6 heteroatoms. The van der Waals surface area contributed by atoms with E-state index in [1.807, 2.05) is 24.3 Å². The molecule has 0 saturated carbocycles. The number of amides is 2. The molecule has 2 heterocycles. The summed E-state index contributed by atoms with van der Waals surface area (Å²) in [6.45, 7) is 2.94. The van der Waals surface area contributed by atoms with Crippen molar-refractivity contribution in [1.29, 1.82) is 0 Å². The van der Waals surface area contributed by atoms with E-state index in [1.54, 1.807) is 6.07 Å². The monoisotopic (exact) mass is 367 g/mol. The molecule has 0 bridgehead atoms. The van der Waals surface area contributed by atoms with E-state index in [0.29, 0.717) is 11.3 Å². The third-order valence-electron chi connectivity index (χ3n) is 5.24. The van der Waals surface area contributed by atoms with Gasteiger partial charge in [0, 0.05) is 24.3 Å². The first-order valence-corrected chi connectivity index (χ1v) is 9.30. The van der Waals surface area contributed by atoms with E-state index in [0.717, 1.165) is 30.9 Å². The van der Waals surface area contributed by atoms with Gasteiger partial charge in [0.15, 0.2) is 0 Å². The van der Waals surface area contributed by atoms with Gasteiger partial charge in [-0.05, 0) is 55.3 Å². The molecule has 2 N–H and O–H groups in total. The number of halogens is 1. The highest BCUT2D eigenvalue weighted by atomic mass is 19.1. The first-order chi connectivity index (χ1) is 13.1. The topological polar surface area (TPSA) is 61.4 Å². The molecule has 2 amide bonds. The Kier molecular flexibility index (Phi) is 4.90. The predicted molar refractivity (Wildman–Crippen MR) is 102 cm³/mol. The third-order valence-corrected chi connectivity index (χ3v) is 5.24. The quantitative estimate of drug-likeness (QED) is 0.870. The van der Waals surface area contributed by atoms with E-state index in [-0.39, 0.29) is 18.2 Å². The average Bonchev–Trinajstić information content (AvgIpc) is 3.15. The highest BCUT2D eigenvalue weighted by molar-refractivity contribution is 6.05. The summed E-state index contributed by atoms with van der Waals surface area (Å²) < 4.78 is 13.5. The normalized spacial score (nSPS) is 19.4. The van der Waals surface area contributed by atoms with Crippen molar-refractivity contribution in [3.8, 4) is 0 Å². The minimum Gasteiger partial charge on any atom is -0.326 e. The lowest BCUT2D eigenvalue weighted by molar-refractivity contribution is -0.123. The maximum absolute atomic E-state index is 13.5. The fourth-order valence-electron chi connectivity index (χ4n) is 3.85. The van der Waals surface area contributed by atoms with E-state index < -0.39 is 11.7 Å². The molecule has 0 radical (unpaired) electrons. The average molecular weight is 367 g/mol.